The molecule has 0 fully saturated rings. The minimum absolute atomic E-state index is 0.398. The number of amides is 1. The molecular formula is C10H7BrF3NO3. The van der Waals surface area contributed by atoms with Crippen LogP contribution < -0.4 is 5.32 Å². The average molecular weight is 326 g/mol. The second-order valence-electron chi connectivity index (χ2n) is 3.40. The number of hydrogen-bond acceptors (Lipinski definition) is 2. The summed E-state index contributed by atoms with van der Waals surface area (Å²) in [6, 6.07) is 2.28. The quantitative estimate of drug-likeness (QED) is 0.878. The lowest BCUT2D eigenvalue weighted by atomic mass is 10.1. The second kappa shape index (κ2) is 4.97. The highest BCUT2D eigenvalue weighted by Crippen LogP contribution is 2.27. The fourth-order valence-corrected chi connectivity index (χ4v) is 1.50. The molecule has 1 rings (SSSR count). The summed E-state index contributed by atoms with van der Waals surface area (Å²) in [6.07, 6.45) is -5.07. The topological polar surface area (TPSA) is 66.4 Å². The molecule has 2 N–H and O–H groups in total. The molecule has 0 bridgehead atoms. The van der Waals surface area contributed by atoms with Crippen LogP contribution >= 0.6 is 15.9 Å². The van der Waals surface area contributed by atoms with Gasteiger partial charge >= 0.3 is 18.1 Å². The van der Waals surface area contributed by atoms with E-state index in [1.807, 2.05) is 0 Å². The molecule has 0 saturated heterocycles. The zero-order valence-electron chi connectivity index (χ0n) is 8.93. The molecular weight excluding hydrogens is 319 g/mol. The van der Waals surface area contributed by atoms with Crippen molar-refractivity contribution in [2.75, 3.05) is 5.32 Å². The van der Waals surface area contributed by atoms with E-state index in [0.717, 1.165) is 12.1 Å². The van der Waals surface area contributed by atoms with Crippen LogP contribution in [0.4, 0.5) is 18.9 Å². The minimum atomic E-state index is -5.07. The molecule has 0 aliphatic heterocycles. The lowest BCUT2D eigenvalue weighted by Crippen LogP contribution is -2.30. The van der Waals surface area contributed by atoms with Gasteiger partial charge in [0.15, 0.2) is 0 Å². The van der Waals surface area contributed by atoms with Crippen molar-refractivity contribution < 1.29 is 27.9 Å². The molecule has 8 heteroatoms. The number of anilines is 1. The molecule has 1 aromatic rings. The molecule has 0 heterocycles. The molecule has 0 unspecified atom stereocenters. The lowest BCUT2D eigenvalue weighted by Gasteiger charge is -2.12. The number of carbonyl (C=O) groups excluding carboxylic acids is 1. The van der Waals surface area contributed by atoms with Crippen molar-refractivity contribution in [3.63, 3.8) is 0 Å². The molecule has 1 aromatic carbocycles. The van der Waals surface area contributed by atoms with Crippen LogP contribution in [-0.2, 0) is 4.79 Å². The molecule has 98 valence electrons. The van der Waals surface area contributed by atoms with Crippen LogP contribution in [0.5, 0.6) is 0 Å². The van der Waals surface area contributed by atoms with Gasteiger partial charge in [0.2, 0.25) is 0 Å². The predicted molar refractivity (Wildman–Crippen MR) is 60.5 cm³/mol. The number of hydrogen-bond donors (Lipinski definition) is 2. The first kappa shape index (κ1) is 14.5. The van der Waals surface area contributed by atoms with Crippen molar-refractivity contribution in [1.82, 2.24) is 0 Å². The van der Waals surface area contributed by atoms with Gasteiger partial charge in [-0.15, -0.1) is 0 Å². The van der Waals surface area contributed by atoms with Gasteiger partial charge in [-0.1, -0.05) is 15.9 Å². The first-order valence-electron chi connectivity index (χ1n) is 4.54. The van der Waals surface area contributed by atoms with E-state index in [4.69, 9.17) is 5.11 Å². The largest absolute Gasteiger partial charge is 0.478 e. The van der Waals surface area contributed by atoms with Crippen molar-refractivity contribution in [3.8, 4) is 0 Å². The van der Waals surface area contributed by atoms with Gasteiger partial charge in [0.25, 0.3) is 0 Å². The molecule has 1 amide bonds. The maximum absolute atomic E-state index is 12.1. The highest BCUT2D eigenvalue weighted by molar-refractivity contribution is 9.10. The number of carboxylic acid groups (broad SMARTS) is 1. The lowest BCUT2D eigenvalue weighted by molar-refractivity contribution is -0.167. The number of aromatic carboxylic acids is 1. The van der Waals surface area contributed by atoms with Gasteiger partial charge in [-0.25, -0.2) is 4.79 Å². The average Bonchev–Trinajstić information content (AvgIpc) is 2.21. The van der Waals surface area contributed by atoms with E-state index in [9.17, 15) is 22.8 Å². The molecule has 0 atom stereocenters. The smallest absolute Gasteiger partial charge is 0.471 e. The Labute approximate surface area is 108 Å². The Balaban J connectivity index is 3.20. The SMILES string of the molecule is Cc1cc(NC(=O)C(F)(F)F)c(C(=O)O)cc1Br. The van der Waals surface area contributed by atoms with E-state index in [-0.39, 0.29) is 0 Å². The number of carbonyl (C=O) groups is 2. The summed E-state index contributed by atoms with van der Waals surface area (Å²) in [5.41, 5.74) is -0.326. The van der Waals surface area contributed by atoms with E-state index in [1.165, 1.54) is 5.32 Å². The number of benzene rings is 1. The van der Waals surface area contributed by atoms with E-state index in [1.54, 1.807) is 6.92 Å². The number of aryl methyl sites for hydroxylation is 1. The monoisotopic (exact) mass is 325 g/mol. The number of rotatable bonds is 2. The fraction of sp³-hybridized carbons (Fsp3) is 0.200. The Morgan fingerprint density at radius 3 is 2.33 bits per heavy atom. The molecule has 4 nitrogen and oxygen atoms in total. The molecule has 0 spiro atoms. The molecule has 0 radical (unpaired) electrons. The van der Waals surface area contributed by atoms with E-state index >= 15 is 0 Å². The highest BCUT2D eigenvalue weighted by atomic mass is 79.9. The third kappa shape index (κ3) is 3.22. The van der Waals surface area contributed by atoms with E-state index in [2.05, 4.69) is 15.9 Å². The van der Waals surface area contributed by atoms with Crippen molar-refractivity contribution in [3.05, 3.63) is 27.7 Å². The van der Waals surface area contributed by atoms with Crippen molar-refractivity contribution in [2.24, 2.45) is 0 Å². The van der Waals surface area contributed by atoms with E-state index in [0.29, 0.717) is 10.0 Å². The second-order valence-corrected chi connectivity index (χ2v) is 4.26. The summed E-state index contributed by atoms with van der Waals surface area (Å²) in [7, 11) is 0. The number of nitrogens with one attached hydrogen (secondary N) is 1. The minimum Gasteiger partial charge on any atom is -0.478 e. The fourth-order valence-electron chi connectivity index (χ4n) is 1.16. The van der Waals surface area contributed by atoms with Gasteiger partial charge in [-0.3, -0.25) is 4.79 Å². The standard InChI is InChI=1S/C10H7BrF3NO3/c1-4-2-7(15-9(18)10(12,13)14)5(8(16)17)3-6(4)11/h2-3H,1H3,(H,15,18)(H,16,17). The van der Waals surface area contributed by atoms with Crippen LogP contribution in [0.25, 0.3) is 0 Å². The summed E-state index contributed by atoms with van der Waals surface area (Å²) in [4.78, 5) is 21.6. The Hall–Kier alpha value is -1.57. The van der Waals surface area contributed by atoms with Crippen molar-refractivity contribution in [2.45, 2.75) is 13.1 Å². The van der Waals surface area contributed by atoms with Crippen LogP contribution in [0.3, 0.4) is 0 Å². The molecule has 0 aromatic heterocycles. The Bertz CT molecular complexity index is 514. The summed E-state index contributed by atoms with van der Waals surface area (Å²) in [6.45, 7) is 1.55. The summed E-state index contributed by atoms with van der Waals surface area (Å²) in [5, 5.41) is 10.4. The zero-order chi connectivity index (χ0) is 14.1. The maximum atomic E-state index is 12.1. The maximum Gasteiger partial charge on any atom is 0.471 e. The first-order chi connectivity index (χ1) is 8.12. The van der Waals surface area contributed by atoms with Gasteiger partial charge in [0.05, 0.1) is 11.3 Å². The van der Waals surface area contributed by atoms with Crippen molar-refractivity contribution in [1.29, 1.82) is 0 Å². The number of carboxylic acids is 1. The van der Waals surface area contributed by atoms with Crippen LogP contribution in [-0.4, -0.2) is 23.2 Å². The Kier molecular flexibility index (Phi) is 4.00. The molecule has 18 heavy (non-hydrogen) atoms. The van der Waals surface area contributed by atoms with Crippen LogP contribution in [0.15, 0.2) is 16.6 Å². The molecule has 0 aliphatic rings. The van der Waals surface area contributed by atoms with Gasteiger partial charge in [0.1, 0.15) is 0 Å². The van der Waals surface area contributed by atoms with Gasteiger partial charge < -0.3 is 10.4 Å². The van der Waals surface area contributed by atoms with Gasteiger partial charge in [0, 0.05) is 4.47 Å². The van der Waals surface area contributed by atoms with Crippen molar-refractivity contribution >= 4 is 33.5 Å². The summed E-state index contributed by atoms with van der Waals surface area (Å²) < 4.78 is 36.7. The highest BCUT2D eigenvalue weighted by Gasteiger charge is 2.39. The molecule has 0 saturated carbocycles. The third-order valence-corrected chi connectivity index (χ3v) is 2.89. The number of halogens is 4. The van der Waals surface area contributed by atoms with Crippen LogP contribution in [0.1, 0.15) is 15.9 Å². The van der Waals surface area contributed by atoms with Crippen LogP contribution in [0.2, 0.25) is 0 Å². The summed E-state index contributed by atoms with van der Waals surface area (Å²) in [5.74, 6) is -3.65. The zero-order valence-corrected chi connectivity index (χ0v) is 10.5. The predicted octanol–water partition coefficient (Wildman–Crippen LogP) is 2.96. The van der Waals surface area contributed by atoms with E-state index < -0.39 is 29.3 Å². The first-order valence-corrected chi connectivity index (χ1v) is 5.34. The molecule has 0 aliphatic carbocycles. The summed E-state index contributed by atoms with van der Waals surface area (Å²) >= 11 is 3.06. The Morgan fingerprint density at radius 2 is 1.89 bits per heavy atom. The van der Waals surface area contributed by atoms with Crippen LogP contribution in [0, 0.1) is 6.92 Å². The Morgan fingerprint density at radius 1 is 1.33 bits per heavy atom. The number of alkyl halides is 3. The van der Waals surface area contributed by atoms with Gasteiger partial charge in [-0.05, 0) is 24.6 Å². The normalized spacial score (nSPS) is 11.2. The third-order valence-electron chi connectivity index (χ3n) is 2.03. The van der Waals surface area contributed by atoms with Gasteiger partial charge in [-0.2, -0.15) is 13.2 Å².